The fraction of sp³-hybridized carbons (Fsp3) is 0.706. The second-order valence-electron chi connectivity index (χ2n) is 6.98. The fourth-order valence-electron chi connectivity index (χ4n) is 3.47. The molecule has 0 radical (unpaired) electrons. The highest BCUT2D eigenvalue weighted by Crippen LogP contribution is 2.39. The molecule has 2 rings (SSSR count). The maximum Gasteiger partial charge on any atom is 0.213 e. The Morgan fingerprint density at radius 3 is 2.71 bits per heavy atom. The van der Waals surface area contributed by atoms with Crippen molar-refractivity contribution in [3.05, 3.63) is 18.3 Å². The van der Waals surface area contributed by atoms with E-state index in [-0.39, 0.29) is 0 Å². The van der Waals surface area contributed by atoms with Crippen LogP contribution >= 0.6 is 0 Å². The number of hydrogen-bond acceptors (Lipinski definition) is 4. The molecule has 4 heteroatoms. The first-order valence-corrected chi connectivity index (χ1v) is 7.83. The standard InChI is InChI=1S/C17H28N2O2/c1-13-9-15(11-17(2,3)10-13)19-14-5-6-16(18-12-14)21-8-7-20-4/h5-6,12-13,15,19H,7-11H2,1-4H3. The van der Waals surface area contributed by atoms with E-state index in [0.717, 1.165) is 11.6 Å². The molecule has 1 fully saturated rings. The van der Waals surface area contributed by atoms with Gasteiger partial charge in [0.25, 0.3) is 0 Å². The van der Waals surface area contributed by atoms with E-state index in [1.807, 2.05) is 18.3 Å². The number of aromatic nitrogens is 1. The first-order valence-electron chi connectivity index (χ1n) is 7.83. The van der Waals surface area contributed by atoms with Gasteiger partial charge in [-0.2, -0.15) is 0 Å². The molecule has 1 saturated carbocycles. The van der Waals surface area contributed by atoms with Crippen LogP contribution in [-0.2, 0) is 4.74 Å². The van der Waals surface area contributed by atoms with Crippen molar-refractivity contribution in [3.63, 3.8) is 0 Å². The van der Waals surface area contributed by atoms with Gasteiger partial charge in [0.05, 0.1) is 18.5 Å². The minimum Gasteiger partial charge on any atom is -0.475 e. The van der Waals surface area contributed by atoms with E-state index in [9.17, 15) is 0 Å². The molecule has 2 unspecified atom stereocenters. The zero-order valence-electron chi connectivity index (χ0n) is 13.7. The van der Waals surface area contributed by atoms with Crippen molar-refractivity contribution in [3.8, 4) is 5.88 Å². The molecule has 1 aromatic heterocycles. The predicted octanol–water partition coefficient (Wildman–Crippen LogP) is 3.73. The van der Waals surface area contributed by atoms with Crippen LogP contribution in [0.15, 0.2) is 18.3 Å². The molecule has 4 nitrogen and oxygen atoms in total. The maximum absolute atomic E-state index is 5.48. The van der Waals surface area contributed by atoms with E-state index in [0.29, 0.717) is 30.6 Å². The summed E-state index contributed by atoms with van der Waals surface area (Å²) in [5.74, 6) is 1.42. The number of pyridine rings is 1. The van der Waals surface area contributed by atoms with E-state index in [1.54, 1.807) is 7.11 Å². The van der Waals surface area contributed by atoms with Gasteiger partial charge in [-0.25, -0.2) is 4.98 Å². The van der Waals surface area contributed by atoms with Crippen LogP contribution in [0.25, 0.3) is 0 Å². The number of rotatable bonds is 6. The van der Waals surface area contributed by atoms with Crippen molar-refractivity contribution in [2.75, 3.05) is 25.6 Å². The molecule has 21 heavy (non-hydrogen) atoms. The summed E-state index contributed by atoms with van der Waals surface area (Å²) < 4.78 is 10.4. The topological polar surface area (TPSA) is 43.4 Å². The molecular weight excluding hydrogens is 264 g/mol. The summed E-state index contributed by atoms with van der Waals surface area (Å²) in [6.45, 7) is 8.19. The lowest BCUT2D eigenvalue weighted by Gasteiger charge is -2.39. The molecule has 0 amide bonds. The Morgan fingerprint density at radius 1 is 1.29 bits per heavy atom. The highest BCUT2D eigenvalue weighted by atomic mass is 16.5. The van der Waals surface area contributed by atoms with Crippen LogP contribution in [0.4, 0.5) is 5.69 Å². The highest BCUT2D eigenvalue weighted by molar-refractivity contribution is 5.43. The summed E-state index contributed by atoms with van der Waals surface area (Å²) in [5.41, 5.74) is 1.50. The van der Waals surface area contributed by atoms with Crippen molar-refractivity contribution in [2.45, 2.75) is 46.1 Å². The fourth-order valence-corrected chi connectivity index (χ4v) is 3.47. The van der Waals surface area contributed by atoms with E-state index >= 15 is 0 Å². The minimum absolute atomic E-state index is 0.423. The third kappa shape index (κ3) is 5.20. The number of nitrogens with zero attached hydrogens (tertiary/aromatic N) is 1. The summed E-state index contributed by atoms with van der Waals surface area (Å²) >= 11 is 0. The molecule has 1 aliphatic rings. The Kier molecular flexibility index (Phi) is 5.45. The van der Waals surface area contributed by atoms with Crippen molar-refractivity contribution < 1.29 is 9.47 Å². The van der Waals surface area contributed by atoms with Crippen LogP contribution in [0, 0.1) is 11.3 Å². The van der Waals surface area contributed by atoms with Crippen molar-refractivity contribution >= 4 is 5.69 Å². The Balaban J connectivity index is 1.88. The quantitative estimate of drug-likeness (QED) is 0.811. The monoisotopic (exact) mass is 292 g/mol. The molecule has 118 valence electrons. The first-order chi connectivity index (χ1) is 9.98. The van der Waals surface area contributed by atoms with Gasteiger partial charge in [-0.3, -0.25) is 0 Å². The van der Waals surface area contributed by atoms with Crippen LogP contribution in [0.3, 0.4) is 0 Å². The Morgan fingerprint density at radius 2 is 2.10 bits per heavy atom. The molecule has 0 aliphatic heterocycles. The zero-order chi connectivity index (χ0) is 15.3. The Hall–Kier alpha value is -1.29. The molecule has 0 aromatic carbocycles. The lowest BCUT2D eigenvalue weighted by molar-refractivity contribution is 0.144. The maximum atomic E-state index is 5.48. The summed E-state index contributed by atoms with van der Waals surface area (Å²) in [6.07, 6.45) is 5.61. The smallest absolute Gasteiger partial charge is 0.213 e. The van der Waals surface area contributed by atoms with Crippen molar-refractivity contribution in [1.29, 1.82) is 0 Å². The van der Waals surface area contributed by atoms with Gasteiger partial charge in [-0.1, -0.05) is 20.8 Å². The van der Waals surface area contributed by atoms with Crippen LogP contribution in [-0.4, -0.2) is 31.3 Å². The second kappa shape index (κ2) is 7.12. The lowest BCUT2D eigenvalue weighted by atomic mass is 9.70. The van der Waals surface area contributed by atoms with Gasteiger partial charge in [0.1, 0.15) is 6.61 Å². The molecule has 0 saturated heterocycles. The summed E-state index contributed by atoms with van der Waals surface area (Å²) in [6, 6.07) is 4.49. The van der Waals surface area contributed by atoms with E-state index in [1.165, 1.54) is 19.3 Å². The van der Waals surface area contributed by atoms with Gasteiger partial charge in [0, 0.05) is 19.2 Å². The second-order valence-corrected chi connectivity index (χ2v) is 6.98. The third-order valence-corrected chi connectivity index (χ3v) is 4.03. The first kappa shape index (κ1) is 16.1. The number of nitrogens with one attached hydrogen (secondary N) is 1. The predicted molar refractivity (Wildman–Crippen MR) is 85.8 cm³/mol. The van der Waals surface area contributed by atoms with Crippen molar-refractivity contribution in [2.24, 2.45) is 11.3 Å². The minimum atomic E-state index is 0.423. The Labute approximate surface area is 128 Å². The molecule has 1 heterocycles. The molecule has 2 atom stereocenters. The molecule has 1 aromatic rings. The SMILES string of the molecule is COCCOc1ccc(NC2CC(C)CC(C)(C)C2)cn1. The van der Waals surface area contributed by atoms with Crippen LogP contribution in [0.5, 0.6) is 5.88 Å². The molecule has 0 spiro atoms. The number of anilines is 1. The van der Waals surface area contributed by atoms with E-state index in [2.05, 4.69) is 31.1 Å². The zero-order valence-corrected chi connectivity index (χ0v) is 13.7. The van der Waals surface area contributed by atoms with Gasteiger partial charge in [-0.15, -0.1) is 0 Å². The van der Waals surface area contributed by atoms with Crippen molar-refractivity contribution in [1.82, 2.24) is 4.98 Å². The van der Waals surface area contributed by atoms with Gasteiger partial charge in [0.2, 0.25) is 5.88 Å². The number of methoxy groups -OCH3 is 1. The van der Waals surface area contributed by atoms with Crippen LogP contribution in [0.2, 0.25) is 0 Å². The highest BCUT2D eigenvalue weighted by Gasteiger charge is 2.31. The number of ether oxygens (including phenoxy) is 2. The van der Waals surface area contributed by atoms with Gasteiger partial charge in [0.15, 0.2) is 0 Å². The Bertz CT molecular complexity index is 431. The van der Waals surface area contributed by atoms with Gasteiger partial charge in [-0.05, 0) is 36.7 Å². The molecule has 0 bridgehead atoms. The summed E-state index contributed by atoms with van der Waals surface area (Å²) in [5, 5.41) is 3.62. The van der Waals surface area contributed by atoms with Crippen LogP contribution in [0.1, 0.15) is 40.0 Å². The molecule has 1 N–H and O–H groups in total. The average Bonchev–Trinajstić information content (AvgIpc) is 2.38. The molecule has 1 aliphatic carbocycles. The van der Waals surface area contributed by atoms with Gasteiger partial charge < -0.3 is 14.8 Å². The summed E-state index contributed by atoms with van der Waals surface area (Å²) in [7, 11) is 1.66. The largest absolute Gasteiger partial charge is 0.475 e. The third-order valence-electron chi connectivity index (χ3n) is 4.03. The van der Waals surface area contributed by atoms with E-state index in [4.69, 9.17) is 9.47 Å². The number of hydrogen-bond donors (Lipinski definition) is 1. The summed E-state index contributed by atoms with van der Waals surface area (Å²) in [4.78, 5) is 4.33. The average molecular weight is 292 g/mol. The lowest BCUT2D eigenvalue weighted by Crippen LogP contribution is -2.35. The van der Waals surface area contributed by atoms with Gasteiger partial charge >= 0.3 is 0 Å². The normalized spacial score (nSPS) is 24.6. The van der Waals surface area contributed by atoms with Crippen LogP contribution < -0.4 is 10.1 Å². The van der Waals surface area contributed by atoms with E-state index < -0.39 is 0 Å². The molecular formula is C17H28N2O2.